The second-order valence-corrected chi connectivity index (χ2v) is 9.25. The summed E-state index contributed by atoms with van der Waals surface area (Å²) in [7, 11) is -3.87. The van der Waals surface area contributed by atoms with Gasteiger partial charge in [-0.1, -0.05) is 17.7 Å². The van der Waals surface area contributed by atoms with E-state index in [1.54, 1.807) is 0 Å². The molecule has 0 N–H and O–H groups in total. The third-order valence-corrected chi connectivity index (χ3v) is 7.51. The summed E-state index contributed by atoms with van der Waals surface area (Å²) in [5.74, 6) is -0.857. The minimum absolute atomic E-state index is 0.161. The molecule has 4 nitrogen and oxygen atoms in total. The van der Waals surface area contributed by atoms with Crippen molar-refractivity contribution in [3.63, 3.8) is 0 Å². The fourth-order valence-electron chi connectivity index (χ4n) is 4.14. The molecule has 0 amide bonds. The van der Waals surface area contributed by atoms with Crippen molar-refractivity contribution in [1.82, 2.24) is 9.21 Å². The molecule has 2 fully saturated rings. The molecule has 2 heterocycles. The number of hydrogen-bond acceptors (Lipinski definition) is 3. The normalized spacial score (nSPS) is 29.9. The maximum absolute atomic E-state index is 14.2. The van der Waals surface area contributed by atoms with Crippen molar-refractivity contribution >= 4 is 21.6 Å². The topological polar surface area (TPSA) is 40.6 Å². The van der Waals surface area contributed by atoms with Crippen LogP contribution in [0.25, 0.3) is 0 Å². The molecule has 0 saturated carbocycles. The molecule has 2 aliphatic heterocycles. The predicted molar refractivity (Wildman–Crippen MR) is 93.2 cm³/mol. The summed E-state index contributed by atoms with van der Waals surface area (Å²) in [6.45, 7) is 5.26. The van der Waals surface area contributed by atoms with E-state index in [0.717, 1.165) is 25.7 Å². The molecule has 0 bridgehead atoms. The van der Waals surface area contributed by atoms with Gasteiger partial charge in [0.15, 0.2) is 5.82 Å². The molecule has 0 spiro atoms. The van der Waals surface area contributed by atoms with E-state index in [4.69, 9.17) is 11.6 Å². The predicted octanol–water partition coefficient (Wildman–Crippen LogP) is 3.51. The Bertz CT molecular complexity index is 703. The summed E-state index contributed by atoms with van der Waals surface area (Å²) in [4.78, 5) is 2.12. The van der Waals surface area contributed by atoms with E-state index >= 15 is 0 Å². The molecule has 7 heteroatoms. The first-order valence-corrected chi connectivity index (χ1v) is 10.4. The minimum Gasteiger partial charge on any atom is -0.294 e. The van der Waals surface area contributed by atoms with Crippen LogP contribution in [0.1, 0.15) is 39.5 Å². The molecular formula is C17H24ClFN2O2S. The molecule has 2 saturated heterocycles. The second-order valence-electron chi connectivity index (χ2n) is 6.93. The minimum atomic E-state index is -3.87. The van der Waals surface area contributed by atoms with E-state index in [1.165, 1.54) is 22.5 Å². The quantitative estimate of drug-likeness (QED) is 0.813. The largest absolute Gasteiger partial charge is 0.294 e. The lowest BCUT2D eigenvalue weighted by molar-refractivity contribution is 0.0979. The summed E-state index contributed by atoms with van der Waals surface area (Å²) in [6.07, 6.45) is 4.07. The lowest BCUT2D eigenvalue weighted by atomic mass is 10.0. The van der Waals surface area contributed by atoms with Crippen LogP contribution in [0.4, 0.5) is 4.39 Å². The van der Waals surface area contributed by atoms with Gasteiger partial charge in [-0.05, 0) is 51.7 Å². The van der Waals surface area contributed by atoms with Gasteiger partial charge in [-0.2, -0.15) is 4.31 Å². The number of halogens is 2. The highest BCUT2D eigenvalue weighted by molar-refractivity contribution is 7.89. The van der Waals surface area contributed by atoms with Gasteiger partial charge in [0.1, 0.15) is 4.90 Å². The van der Waals surface area contributed by atoms with Gasteiger partial charge < -0.3 is 0 Å². The highest BCUT2D eigenvalue weighted by Gasteiger charge is 2.39. The van der Waals surface area contributed by atoms with E-state index in [-0.39, 0.29) is 16.0 Å². The van der Waals surface area contributed by atoms with Gasteiger partial charge in [-0.15, -0.1) is 0 Å². The van der Waals surface area contributed by atoms with Gasteiger partial charge in [-0.25, -0.2) is 12.8 Å². The molecule has 1 aromatic rings. The molecule has 0 unspecified atom stereocenters. The average molecular weight is 375 g/mol. The van der Waals surface area contributed by atoms with E-state index in [9.17, 15) is 12.8 Å². The van der Waals surface area contributed by atoms with Crippen LogP contribution in [0.2, 0.25) is 5.02 Å². The molecule has 0 radical (unpaired) electrons. The first-order valence-electron chi connectivity index (χ1n) is 8.54. The zero-order chi connectivity index (χ0) is 17.5. The second kappa shape index (κ2) is 6.90. The van der Waals surface area contributed by atoms with Crippen LogP contribution in [-0.4, -0.2) is 48.8 Å². The third kappa shape index (κ3) is 3.21. The fraction of sp³-hybridized carbons (Fsp3) is 0.647. The van der Waals surface area contributed by atoms with Crippen LogP contribution in [-0.2, 0) is 10.0 Å². The smallest absolute Gasteiger partial charge is 0.246 e. The van der Waals surface area contributed by atoms with E-state index in [1.807, 2.05) is 0 Å². The van der Waals surface area contributed by atoms with Crippen LogP contribution in [0.3, 0.4) is 0 Å². The van der Waals surface area contributed by atoms with Crippen LogP contribution in [0.15, 0.2) is 23.1 Å². The highest BCUT2D eigenvalue weighted by Crippen LogP contribution is 2.32. The molecule has 2 aliphatic rings. The standard InChI is InChI=1S/C17H24ClFN2O2S/c1-12-8-9-13(2)21(12)14-5-4-10-20(11-14)24(22,23)16-7-3-6-15(18)17(16)19/h3,6-7,12-14H,4-5,8-11H2,1-2H3/t12-,13+,14-/m1/s1. The molecule has 3 rings (SSSR count). The first kappa shape index (κ1) is 18.1. The lowest BCUT2D eigenvalue weighted by Gasteiger charge is -2.41. The SMILES string of the molecule is C[C@@H]1CC[C@H](C)N1[C@@H]1CCCN(S(=O)(=O)c2cccc(Cl)c2F)C1. The Balaban J connectivity index is 1.85. The van der Waals surface area contributed by atoms with E-state index in [0.29, 0.717) is 25.2 Å². The lowest BCUT2D eigenvalue weighted by Crippen LogP contribution is -2.52. The number of likely N-dealkylation sites (tertiary alicyclic amines) is 1. The Labute approximate surface area is 148 Å². The van der Waals surface area contributed by atoms with Crippen molar-refractivity contribution in [2.45, 2.75) is 62.6 Å². The molecular weight excluding hydrogens is 351 g/mol. The Morgan fingerprint density at radius 2 is 1.83 bits per heavy atom. The van der Waals surface area contributed by atoms with Crippen molar-refractivity contribution in [1.29, 1.82) is 0 Å². The number of piperidine rings is 1. The average Bonchev–Trinajstić information content (AvgIpc) is 2.89. The maximum Gasteiger partial charge on any atom is 0.246 e. The van der Waals surface area contributed by atoms with E-state index in [2.05, 4.69) is 18.7 Å². The molecule has 24 heavy (non-hydrogen) atoms. The van der Waals surface area contributed by atoms with Crippen LogP contribution < -0.4 is 0 Å². The van der Waals surface area contributed by atoms with Gasteiger partial charge in [0.2, 0.25) is 10.0 Å². The Morgan fingerprint density at radius 1 is 1.17 bits per heavy atom. The molecule has 0 aliphatic carbocycles. The molecule has 3 atom stereocenters. The molecule has 1 aromatic carbocycles. The Hall–Kier alpha value is -0.690. The van der Waals surface area contributed by atoms with Gasteiger partial charge in [0.25, 0.3) is 0 Å². The zero-order valence-electron chi connectivity index (χ0n) is 14.1. The molecule has 134 valence electrons. The van der Waals surface area contributed by atoms with Crippen LogP contribution >= 0.6 is 11.6 Å². The fourth-order valence-corrected chi connectivity index (χ4v) is 5.97. The van der Waals surface area contributed by atoms with Gasteiger partial charge in [0.05, 0.1) is 5.02 Å². The van der Waals surface area contributed by atoms with Gasteiger partial charge >= 0.3 is 0 Å². The van der Waals surface area contributed by atoms with Crippen molar-refractivity contribution < 1.29 is 12.8 Å². The number of nitrogens with zero attached hydrogens (tertiary/aromatic N) is 2. The van der Waals surface area contributed by atoms with E-state index < -0.39 is 15.8 Å². The van der Waals surface area contributed by atoms with Crippen LogP contribution in [0, 0.1) is 5.82 Å². The summed E-state index contributed by atoms with van der Waals surface area (Å²) >= 11 is 5.76. The number of sulfonamides is 1. The zero-order valence-corrected chi connectivity index (χ0v) is 15.7. The number of benzene rings is 1. The van der Waals surface area contributed by atoms with Crippen molar-refractivity contribution in [2.24, 2.45) is 0 Å². The molecule has 0 aromatic heterocycles. The van der Waals surface area contributed by atoms with Gasteiger partial charge in [0, 0.05) is 31.2 Å². The summed E-state index contributed by atoms with van der Waals surface area (Å²) in [5, 5.41) is -0.161. The van der Waals surface area contributed by atoms with Crippen molar-refractivity contribution in [3.8, 4) is 0 Å². The first-order chi connectivity index (χ1) is 11.3. The Morgan fingerprint density at radius 3 is 2.50 bits per heavy atom. The van der Waals surface area contributed by atoms with Crippen molar-refractivity contribution in [2.75, 3.05) is 13.1 Å². The summed E-state index contributed by atoms with van der Waals surface area (Å²) < 4.78 is 41.4. The Kier molecular flexibility index (Phi) is 5.21. The summed E-state index contributed by atoms with van der Waals surface area (Å²) in [6, 6.07) is 5.27. The van der Waals surface area contributed by atoms with Crippen LogP contribution in [0.5, 0.6) is 0 Å². The van der Waals surface area contributed by atoms with Crippen molar-refractivity contribution in [3.05, 3.63) is 29.0 Å². The number of hydrogen-bond donors (Lipinski definition) is 0. The van der Waals surface area contributed by atoms with Gasteiger partial charge in [-0.3, -0.25) is 4.90 Å². The third-order valence-electron chi connectivity index (χ3n) is 5.34. The summed E-state index contributed by atoms with van der Waals surface area (Å²) in [5.41, 5.74) is 0. The number of rotatable bonds is 3. The maximum atomic E-state index is 14.2. The highest BCUT2D eigenvalue weighted by atomic mass is 35.5. The monoisotopic (exact) mass is 374 g/mol.